The van der Waals surface area contributed by atoms with Crippen molar-refractivity contribution in [2.45, 2.75) is 10.1 Å². The maximum Gasteiger partial charge on any atom is 0.337 e. The van der Waals surface area contributed by atoms with E-state index in [1.165, 1.54) is 30.6 Å². The van der Waals surface area contributed by atoms with E-state index in [1.807, 2.05) is 12.1 Å². The number of esters is 1. The number of hydrogen-bond donors (Lipinski definition) is 0. The van der Waals surface area contributed by atoms with Crippen molar-refractivity contribution in [1.29, 1.82) is 0 Å². The number of carbonyl (C=O) groups is 1. The van der Waals surface area contributed by atoms with Crippen LogP contribution in [0, 0.1) is 9.77 Å². The van der Waals surface area contributed by atoms with Crippen LogP contribution in [0.1, 0.15) is 15.9 Å². The van der Waals surface area contributed by atoms with Gasteiger partial charge >= 0.3 is 5.97 Å². The van der Waals surface area contributed by atoms with Crippen molar-refractivity contribution >= 4 is 41.3 Å². The maximum absolute atomic E-state index is 13.0. The number of hydrogen-bond acceptors (Lipinski definition) is 6. The lowest BCUT2D eigenvalue weighted by Gasteiger charge is -2.02. The number of rotatable bonds is 5. The average Bonchev–Trinajstić information content (AvgIpc) is 3.01. The fourth-order valence-electron chi connectivity index (χ4n) is 2.06. The van der Waals surface area contributed by atoms with Crippen LogP contribution in [0.25, 0.3) is 5.69 Å². The smallest absolute Gasteiger partial charge is 0.337 e. The third kappa shape index (κ3) is 4.33. The summed E-state index contributed by atoms with van der Waals surface area (Å²) in [5, 5.41) is 4.48. The van der Waals surface area contributed by atoms with Crippen molar-refractivity contribution in [2.75, 3.05) is 7.11 Å². The lowest BCUT2D eigenvalue weighted by atomic mass is 10.1. The first-order valence-corrected chi connectivity index (χ1v) is 9.44. The third-order valence-corrected chi connectivity index (χ3v) is 5.77. The summed E-state index contributed by atoms with van der Waals surface area (Å²) < 4.78 is 20.8. The number of halogens is 1. The summed E-state index contributed by atoms with van der Waals surface area (Å²) in [7, 11) is 1.36. The molecule has 0 bridgehead atoms. The van der Waals surface area contributed by atoms with Gasteiger partial charge in [0.05, 0.1) is 18.4 Å². The minimum absolute atomic E-state index is 0.296. The van der Waals surface area contributed by atoms with Crippen molar-refractivity contribution in [1.82, 2.24) is 9.78 Å². The Morgan fingerprint density at radius 2 is 1.92 bits per heavy atom. The van der Waals surface area contributed by atoms with Crippen LogP contribution in [0.4, 0.5) is 4.39 Å². The quantitative estimate of drug-likeness (QED) is 0.352. The number of aromatic nitrogens is 2. The zero-order chi connectivity index (χ0) is 17.8. The summed E-state index contributed by atoms with van der Waals surface area (Å²) in [6, 6.07) is 13.3. The number of benzene rings is 2. The first-order valence-electron chi connectivity index (χ1n) is 7.23. The molecular weight excluding hydrogens is 379 g/mol. The maximum atomic E-state index is 13.0. The van der Waals surface area contributed by atoms with Gasteiger partial charge in [-0.05, 0) is 54.2 Å². The van der Waals surface area contributed by atoms with E-state index in [2.05, 4.69) is 9.84 Å². The van der Waals surface area contributed by atoms with Gasteiger partial charge in [0.1, 0.15) is 5.82 Å². The molecule has 4 nitrogen and oxygen atoms in total. The monoisotopic (exact) mass is 392 g/mol. The highest BCUT2D eigenvalue weighted by Gasteiger charge is 2.08. The molecule has 0 unspecified atom stereocenters. The second-order valence-electron chi connectivity index (χ2n) is 5.00. The second kappa shape index (κ2) is 7.90. The zero-order valence-corrected chi connectivity index (χ0v) is 15.6. The highest BCUT2D eigenvalue weighted by molar-refractivity contribution is 8.00. The van der Waals surface area contributed by atoms with Gasteiger partial charge in [-0.2, -0.15) is 0 Å². The van der Waals surface area contributed by atoms with E-state index < -0.39 is 0 Å². The van der Waals surface area contributed by atoms with Gasteiger partial charge in [-0.15, -0.1) is 5.10 Å². The van der Waals surface area contributed by atoms with Crippen LogP contribution in [0.2, 0.25) is 0 Å². The molecule has 0 aliphatic carbocycles. The average molecular weight is 393 g/mol. The summed E-state index contributed by atoms with van der Waals surface area (Å²) in [6.07, 6.45) is 0. The Kier molecular flexibility index (Phi) is 5.62. The topological polar surface area (TPSA) is 44.1 Å². The molecule has 8 heteroatoms. The molecule has 1 aromatic heterocycles. The number of methoxy groups -OCH3 is 1. The number of carbonyl (C=O) groups excluding carboxylic acids is 1. The molecule has 25 heavy (non-hydrogen) atoms. The van der Waals surface area contributed by atoms with Crippen LogP contribution in [0.5, 0.6) is 0 Å². The summed E-state index contributed by atoms with van der Waals surface area (Å²) in [5.74, 6) is 0.0541. The van der Waals surface area contributed by atoms with Gasteiger partial charge in [-0.1, -0.05) is 35.2 Å². The molecule has 0 aliphatic heterocycles. The molecule has 0 spiro atoms. The standard InChI is InChI=1S/C17H13FN2O2S3/c1-22-15(21)12-4-2-11(3-5-12)10-24-16-19-20(17(23)25-16)14-8-6-13(18)7-9-14/h2-9H,10H2,1H3. The van der Waals surface area contributed by atoms with Crippen molar-refractivity contribution in [3.05, 3.63) is 69.4 Å². The first-order chi connectivity index (χ1) is 12.1. The van der Waals surface area contributed by atoms with Crippen molar-refractivity contribution < 1.29 is 13.9 Å². The summed E-state index contributed by atoms with van der Waals surface area (Å²) in [6.45, 7) is 0. The highest BCUT2D eigenvalue weighted by atomic mass is 32.2. The highest BCUT2D eigenvalue weighted by Crippen LogP contribution is 2.27. The Bertz CT molecular complexity index is 934. The lowest BCUT2D eigenvalue weighted by Crippen LogP contribution is -2.00. The fourth-order valence-corrected chi connectivity index (χ4v) is 4.38. The molecule has 2 aromatic carbocycles. The molecule has 128 valence electrons. The number of nitrogens with zero attached hydrogens (tertiary/aromatic N) is 2. The lowest BCUT2D eigenvalue weighted by molar-refractivity contribution is 0.0600. The van der Waals surface area contributed by atoms with Crippen molar-refractivity contribution in [3.63, 3.8) is 0 Å². The summed E-state index contributed by atoms with van der Waals surface area (Å²) in [4.78, 5) is 11.4. The molecule has 0 saturated carbocycles. The van der Waals surface area contributed by atoms with Gasteiger partial charge in [0.15, 0.2) is 8.29 Å². The van der Waals surface area contributed by atoms with Crippen molar-refractivity contribution in [3.8, 4) is 5.69 Å². The normalized spacial score (nSPS) is 10.6. The molecule has 0 saturated heterocycles. The van der Waals surface area contributed by atoms with Crippen LogP contribution >= 0.6 is 35.3 Å². The van der Waals surface area contributed by atoms with Gasteiger partial charge in [0.2, 0.25) is 0 Å². The van der Waals surface area contributed by atoms with Gasteiger partial charge in [0, 0.05) is 5.75 Å². The van der Waals surface area contributed by atoms with E-state index in [1.54, 1.807) is 40.7 Å². The number of ether oxygens (including phenoxy) is 1. The van der Waals surface area contributed by atoms with E-state index >= 15 is 0 Å². The second-order valence-corrected chi connectivity index (χ2v) is 7.84. The Morgan fingerprint density at radius 1 is 1.24 bits per heavy atom. The van der Waals surface area contributed by atoms with E-state index in [0.29, 0.717) is 15.3 Å². The molecular formula is C17H13FN2O2S3. The number of thioether (sulfide) groups is 1. The Labute approximate surface area is 157 Å². The molecule has 1 heterocycles. The Hall–Kier alpha value is -2.03. The van der Waals surface area contributed by atoms with Gasteiger partial charge < -0.3 is 4.74 Å². The molecule has 0 atom stereocenters. The third-order valence-electron chi connectivity index (χ3n) is 3.34. The molecule has 0 amide bonds. The molecule has 0 radical (unpaired) electrons. The molecule has 0 aliphatic rings. The van der Waals surface area contributed by atoms with Crippen molar-refractivity contribution in [2.24, 2.45) is 0 Å². The van der Waals surface area contributed by atoms with Crippen LogP contribution in [-0.2, 0) is 10.5 Å². The summed E-state index contributed by atoms with van der Waals surface area (Å²) in [5.41, 5.74) is 2.32. The molecule has 3 rings (SSSR count). The molecule has 0 fully saturated rings. The van der Waals surface area contributed by atoms with E-state index in [4.69, 9.17) is 12.2 Å². The predicted molar refractivity (Wildman–Crippen MR) is 99.6 cm³/mol. The Balaban J connectivity index is 1.70. The minimum Gasteiger partial charge on any atom is -0.465 e. The summed E-state index contributed by atoms with van der Waals surface area (Å²) >= 11 is 8.30. The SMILES string of the molecule is COC(=O)c1ccc(CSc2nn(-c3ccc(F)cc3)c(=S)s2)cc1. The predicted octanol–water partition coefficient (Wildman–Crippen LogP) is 4.88. The van der Waals surface area contributed by atoms with Gasteiger partial charge in [0.25, 0.3) is 0 Å². The fraction of sp³-hybridized carbons (Fsp3) is 0.118. The first kappa shape index (κ1) is 17.8. The van der Waals surface area contributed by atoms with Crippen LogP contribution in [0.3, 0.4) is 0 Å². The Morgan fingerprint density at radius 3 is 2.56 bits per heavy atom. The molecule has 0 N–H and O–H groups in total. The minimum atomic E-state index is -0.352. The van der Waals surface area contributed by atoms with E-state index in [0.717, 1.165) is 15.6 Å². The van der Waals surface area contributed by atoms with Crippen LogP contribution in [-0.4, -0.2) is 22.9 Å². The largest absolute Gasteiger partial charge is 0.465 e. The van der Waals surface area contributed by atoms with E-state index in [-0.39, 0.29) is 11.8 Å². The molecule has 3 aromatic rings. The van der Waals surface area contributed by atoms with Crippen LogP contribution in [0.15, 0.2) is 52.9 Å². The van der Waals surface area contributed by atoms with Crippen LogP contribution < -0.4 is 0 Å². The zero-order valence-electron chi connectivity index (χ0n) is 13.1. The van der Waals surface area contributed by atoms with E-state index in [9.17, 15) is 9.18 Å². The van der Waals surface area contributed by atoms with Gasteiger partial charge in [-0.3, -0.25) is 0 Å². The van der Waals surface area contributed by atoms with Gasteiger partial charge in [-0.25, -0.2) is 13.9 Å².